The number of aryl methyl sites for hydroxylation is 1. The Balaban J connectivity index is 2.17. The molecular weight excluding hydrogens is 338 g/mol. The van der Waals surface area contributed by atoms with E-state index in [4.69, 9.17) is 16.3 Å². The van der Waals surface area contributed by atoms with E-state index in [1.165, 1.54) is 5.56 Å². The molecule has 0 aliphatic heterocycles. The van der Waals surface area contributed by atoms with Gasteiger partial charge in [0.25, 0.3) is 0 Å². The van der Waals surface area contributed by atoms with Gasteiger partial charge in [0.2, 0.25) is 0 Å². The topological polar surface area (TPSA) is 21.3 Å². The lowest BCUT2D eigenvalue weighted by Crippen LogP contribution is -2.11. The smallest absolute Gasteiger partial charge is 0.146 e. The molecule has 2 aromatic rings. The molecule has 0 atom stereocenters. The second-order valence-corrected chi connectivity index (χ2v) is 5.88. The minimum Gasteiger partial charge on any atom is -0.456 e. The van der Waals surface area contributed by atoms with Crippen molar-refractivity contribution in [1.82, 2.24) is 5.32 Å². The summed E-state index contributed by atoms with van der Waals surface area (Å²) in [6.07, 6.45) is 0. The summed E-state index contributed by atoms with van der Waals surface area (Å²) in [6.45, 7) is 5.97. The predicted octanol–water partition coefficient (Wildman–Crippen LogP) is 5.31. The Morgan fingerprint density at radius 3 is 2.55 bits per heavy atom. The summed E-state index contributed by atoms with van der Waals surface area (Å²) in [5.74, 6) is 1.49. The Morgan fingerprint density at radius 2 is 1.90 bits per heavy atom. The molecule has 0 aliphatic rings. The molecule has 0 radical (unpaired) electrons. The fraction of sp³-hybridized carbons (Fsp3) is 0.250. The van der Waals surface area contributed by atoms with Gasteiger partial charge in [-0.3, -0.25) is 0 Å². The van der Waals surface area contributed by atoms with Crippen LogP contribution in [0.2, 0.25) is 5.02 Å². The molecule has 106 valence electrons. The molecule has 0 amide bonds. The highest BCUT2D eigenvalue weighted by molar-refractivity contribution is 9.10. The van der Waals surface area contributed by atoms with Gasteiger partial charge in [0.15, 0.2) is 0 Å². The number of ether oxygens (including phenoxy) is 1. The first-order valence-electron chi connectivity index (χ1n) is 6.53. The van der Waals surface area contributed by atoms with Gasteiger partial charge in [-0.1, -0.05) is 46.6 Å². The lowest BCUT2D eigenvalue weighted by molar-refractivity contribution is 0.478. The van der Waals surface area contributed by atoms with Crippen LogP contribution in [0.3, 0.4) is 0 Å². The van der Waals surface area contributed by atoms with Gasteiger partial charge in [-0.25, -0.2) is 0 Å². The molecule has 20 heavy (non-hydrogen) atoms. The maximum Gasteiger partial charge on any atom is 0.146 e. The Labute approximate surface area is 133 Å². The first-order valence-corrected chi connectivity index (χ1v) is 7.70. The highest BCUT2D eigenvalue weighted by Gasteiger charge is 2.06. The van der Waals surface area contributed by atoms with Crippen molar-refractivity contribution in [1.29, 1.82) is 0 Å². The van der Waals surface area contributed by atoms with Gasteiger partial charge >= 0.3 is 0 Å². The molecule has 0 spiro atoms. The summed E-state index contributed by atoms with van der Waals surface area (Å²) in [5, 5.41) is 3.90. The Hall–Kier alpha value is -1.03. The molecular formula is C16H17BrClNO. The Morgan fingerprint density at radius 1 is 1.15 bits per heavy atom. The standard InChI is InChI=1S/C16H17BrClNO/c1-3-19-10-12-4-6-15(11(2)8-12)20-16-7-5-13(17)9-14(16)18/h4-9,19H,3,10H2,1-2H3. The summed E-state index contributed by atoms with van der Waals surface area (Å²) in [6, 6.07) is 11.8. The number of hydrogen-bond donors (Lipinski definition) is 1. The minimum absolute atomic E-state index is 0.593. The van der Waals surface area contributed by atoms with Gasteiger partial charge in [-0.15, -0.1) is 0 Å². The van der Waals surface area contributed by atoms with E-state index in [0.29, 0.717) is 10.8 Å². The molecule has 4 heteroatoms. The third kappa shape index (κ3) is 3.98. The van der Waals surface area contributed by atoms with Crippen LogP contribution in [-0.4, -0.2) is 6.54 Å². The van der Waals surface area contributed by atoms with E-state index < -0.39 is 0 Å². The average Bonchev–Trinajstić information content (AvgIpc) is 2.42. The molecule has 0 aromatic heterocycles. The van der Waals surface area contributed by atoms with Crippen molar-refractivity contribution >= 4 is 27.5 Å². The zero-order valence-corrected chi connectivity index (χ0v) is 13.9. The van der Waals surface area contributed by atoms with Gasteiger partial charge in [-0.05, 0) is 48.9 Å². The zero-order valence-electron chi connectivity index (χ0n) is 11.5. The molecule has 0 saturated heterocycles. The third-order valence-corrected chi connectivity index (χ3v) is 3.72. The normalized spacial score (nSPS) is 10.6. The van der Waals surface area contributed by atoms with E-state index in [2.05, 4.69) is 40.3 Å². The van der Waals surface area contributed by atoms with Crippen LogP contribution in [0, 0.1) is 6.92 Å². The maximum atomic E-state index is 6.17. The van der Waals surface area contributed by atoms with Crippen LogP contribution >= 0.6 is 27.5 Å². The lowest BCUT2D eigenvalue weighted by Gasteiger charge is -2.12. The molecule has 2 aromatic carbocycles. The summed E-state index contributed by atoms with van der Waals surface area (Å²) in [7, 11) is 0. The predicted molar refractivity (Wildman–Crippen MR) is 87.8 cm³/mol. The van der Waals surface area contributed by atoms with Gasteiger partial charge < -0.3 is 10.1 Å². The highest BCUT2D eigenvalue weighted by Crippen LogP contribution is 2.33. The summed E-state index contributed by atoms with van der Waals surface area (Å²) in [4.78, 5) is 0. The monoisotopic (exact) mass is 353 g/mol. The van der Waals surface area contributed by atoms with E-state index in [-0.39, 0.29) is 0 Å². The molecule has 0 aliphatic carbocycles. The molecule has 0 saturated carbocycles. The lowest BCUT2D eigenvalue weighted by atomic mass is 10.1. The molecule has 0 fully saturated rings. The average molecular weight is 355 g/mol. The number of hydrogen-bond acceptors (Lipinski definition) is 2. The second-order valence-electron chi connectivity index (χ2n) is 4.56. The summed E-state index contributed by atoms with van der Waals surface area (Å²) >= 11 is 9.55. The number of nitrogens with one attached hydrogen (secondary N) is 1. The Kier molecular flexibility index (Phi) is 5.46. The molecule has 0 heterocycles. The van der Waals surface area contributed by atoms with Crippen LogP contribution in [0.5, 0.6) is 11.5 Å². The van der Waals surface area contributed by atoms with E-state index in [0.717, 1.165) is 28.9 Å². The minimum atomic E-state index is 0.593. The van der Waals surface area contributed by atoms with E-state index in [9.17, 15) is 0 Å². The number of benzene rings is 2. The van der Waals surface area contributed by atoms with Crippen LogP contribution in [0.4, 0.5) is 0 Å². The number of rotatable bonds is 5. The molecule has 0 bridgehead atoms. The van der Waals surface area contributed by atoms with Crippen LogP contribution in [0.25, 0.3) is 0 Å². The van der Waals surface area contributed by atoms with Gasteiger partial charge in [0.05, 0.1) is 5.02 Å². The first-order chi connectivity index (χ1) is 9.60. The van der Waals surface area contributed by atoms with Crippen molar-refractivity contribution in [2.75, 3.05) is 6.54 Å². The third-order valence-electron chi connectivity index (χ3n) is 2.93. The van der Waals surface area contributed by atoms with Gasteiger partial charge in [0, 0.05) is 11.0 Å². The maximum absolute atomic E-state index is 6.17. The quantitative estimate of drug-likeness (QED) is 0.785. The van der Waals surface area contributed by atoms with Crippen molar-refractivity contribution in [2.45, 2.75) is 20.4 Å². The van der Waals surface area contributed by atoms with Gasteiger partial charge in [0.1, 0.15) is 11.5 Å². The number of halogens is 2. The van der Waals surface area contributed by atoms with Crippen molar-refractivity contribution in [3.63, 3.8) is 0 Å². The molecule has 0 unspecified atom stereocenters. The Bertz CT molecular complexity index is 601. The van der Waals surface area contributed by atoms with Crippen LogP contribution in [-0.2, 0) is 6.54 Å². The largest absolute Gasteiger partial charge is 0.456 e. The molecule has 1 N–H and O–H groups in total. The molecule has 2 rings (SSSR count). The second kappa shape index (κ2) is 7.11. The van der Waals surface area contributed by atoms with Crippen molar-refractivity contribution in [3.8, 4) is 11.5 Å². The van der Waals surface area contributed by atoms with Crippen LogP contribution < -0.4 is 10.1 Å². The van der Waals surface area contributed by atoms with Crippen molar-refractivity contribution in [3.05, 3.63) is 57.0 Å². The fourth-order valence-corrected chi connectivity index (χ4v) is 2.59. The SMILES string of the molecule is CCNCc1ccc(Oc2ccc(Br)cc2Cl)c(C)c1. The molecule has 2 nitrogen and oxygen atoms in total. The van der Waals surface area contributed by atoms with Crippen molar-refractivity contribution in [2.24, 2.45) is 0 Å². The highest BCUT2D eigenvalue weighted by atomic mass is 79.9. The van der Waals surface area contributed by atoms with E-state index in [1.54, 1.807) is 0 Å². The van der Waals surface area contributed by atoms with Crippen molar-refractivity contribution < 1.29 is 4.74 Å². The summed E-state index contributed by atoms with van der Waals surface area (Å²) < 4.78 is 6.82. The van der Waals surface area contributed by atoms with Crippen LogP contribution in [0.15, 0.2) is 40.9 Å². The van der Waals surface area contributed by atoms with Gasteiger partial charge in [-0.2, -0.15) is 0 Å². The van der Waals surface area contributed by atoms with Crippen LogP contribution in [0.1, 0.15) is 18.1 Å². The van der Waals surface area contributed by atoms with E-state index >= 15 is 0 Å². The first kappa shape index (κ1) is 15.4. The fourth-order valence-electron chi connectivity index (χ4n) is 1.88. The summed E-state index contributed by atoms with van der Waals surface area (Å²) in [5.41, 5.74) is 2.35. The zero-order chi connectivity index (χ0) is 14.5. The van der Waals surface area contributed by atoms with E-state index in [1.807, 2.05) is 31.2 Å².